The van der Waals surface area contributed by atoms with Crippen LogP contribution in [0, 0.1) is 0 Å². The van der Waals surface area contributed by atoms with Gasteiger partial charge in [0, 0.05) is 19.8 Å². The highest BCUT2D eigenvalue weighted by atomic mass is 16.4. The van der Waals surface area contributed by atoms with Crippen molar-refractivity contribution in [2.75, 3.05) is 19.0 Å². The molecule has 0 fully saturated rings. The lowest BCUT2D eigenvalue weighted by atomic mass is 9.80. The van der Waals surface area contributed by atoms with Crippen LogP contribution in [-0.2, 0) is 0 Å². The van der Waals surface area contributed by atoms with E-state index in [1.807, 2.05) is 38.4 Å². The lowest BCUT2D eigenvalue weighted by molar-refractivity contribution is 0.426. The molecule has 0 saturated heterocycles. The molecule has 3 nitrogen and oxygen atoms in total. The van der Waals surface area contributed by atoms with E-state index in [1.165, 1.54) is 5.69 Å². The Morgan fingerprint density at radius 3 is 1.65 bits per heavy atom. The van der Waals surface area contributed by atoms with Crippen molar-refractivity contribution in [1.29, 1.82) is 0 Å². The molecule has 4 heteroatoms. The third-order valence-corrected chi connectivity index (χ3v) is 3.11. The van der Waals surface area contributed by atoms with Crippen molar-refractivity contribution < 1.29 is 10.0 Å². The summed E-state index contributed by atoms with van der Waals surface area (Å²) in [6.07, 6.45) is 4.03. The van der Waals surface area contributed by atoms with Gasteiger partial charge in [0.2, 0.25) is 0 Å². The average molecular weight is 267 g/mol. The SMILES string of the molecule is CN(C)c1ccc(/C=C/c2ccc(B(O)O)cc2)cc1. The van der Waals surface area contributed by atoms with Crippen LogP contribution in [0.4, 0.5) is 5.69 Å². The average Bonchev–Trinajstić information content (AvgIpc) is 2.46. The first-order chi connectivity index (χ1) is 9.56. The Labute approximate surface area is 119 Å². The Morgan fingerprint density at radius 2 is 1.25 bits per heavy atom. The first kappa shape index (κ1) is 14.4. The molecule has 0 heterocycles. The van der Waals surface area contributed by atoms with Gasteiger partial charge in [0.15, 0.2) is 0 Å². The number of hydrogen-bond acceptors (Lipinski definition) is 3. The van der Waals surface area contributed by atoms with Crippen LogP contribution >= 0.6 is 0 Å². The second-order valence-corrected chi connectivity index (χ2v) is 4.86. The zero-order valence-corrected chi connectivity index (χ0v) is 11.7. The Morgan fingerprint density at radius 1 is 0.800 bits per heavy atom. The van der Waals surface area contributed by atoms with Gasteiger partial charge in [0.25, 0.3) is 0 Å². The van der Waals surface area contributed by atoms with Gasteiger partial charge in [-0.25, -0.2) is 0 Å². The van der Waals surface area contributed by atoms with Gasteiger partial charge >= 0.3 is 7.12 Å². The van der Waals surface area contributed by atoms with Crippen LogP contribution in [0.15, 0.2) is 48.5 Å². The summed E-state index contributed by atoms with van der Waals surface area (Å²) in [7, 11) is 2.62. The maximum Gasteiger partial charge on any atom is 0.488 e. The number of benzene rings is 2. The van der Waals surface area contributed by atoms with Crippen molar-refractivity contribution in [2.45, 2.75) is 0 Å². The van der Waals surface area contributed by atoms with Crippen LogP contribution in [0.5, 0.6) is 0 Å². The zero-order valence-electron chi connectivity index (χ0n) is 11.7. The van der Waals surface area contributed by atoms with Crippen molar-refractivity contribution in [3.63, 3.8) is 0 Å². The molecule has 0 aliphatic heterocycles. The summed E-state index contributed by atoms with van der Waals surface area (Å²) in [6, 6.07) is 15.4. The molecular weight excluding hydrogens is 249 g/mol. The molecule has 102 valence electrons. The summed E-state index contributed by atoms with van der Waals surface area (Å²) < 4.78 is 0. The standard InChI is InChI=1S/C16H18BNO2/c1-18(2)16-11-7-14(8-12-16)4-3-13-5-9-15(10-6-13)17(19)20/h3-12,19-20H,1-2H3/b4-3+. The summed E-state index contributed by atoms with van der Waals surface area (Å²) in [4.78, 5) is 2.06. The predicted octanol–water partition coefficient (Wildman–Crippen LogP) is 1.60. The Balaban J connectivity index is 2.08. The van der Waals surface area contributed by atoms with Gasteiger partial charge in [0.1, 0.15) is 0 Å². The monoisotopic (exact) mass is 267 g/mol. The Hall–Kier alpha value is -2.04. The molecule has 0 bridgehead atoms. The lowest BCUT2D eigenvalue weighted by Gasteiger charge is -2.11. The molecule has 2 aromatic rings. The van der Waals surface area contributed by atoms with E-state index in [4.69, 9.17) is 10.0 Å². The molecule has 0 radical (unpaired) electrons. The summed E-state index contributed by atoms with van der Waals surface area (Å²) in [5.41, 5.74) is 3.81. The first-order valence-electron chi connectivity index (χ1n) is 6.48. The van der Waals surface area contributed by atoms with Gasteiger partial charge in [0.05, 0.1) is 0 Å². The van der Waals surface area contributed by atoms with Gasteiger partial charge in [-0.3, -0.25) is 0 Å². The molecule has 0 aliphatic rings. The van der Waals surface area contributed by atoms with Gasteiger partial charge in [-0.15, -0.1) is 0 Å². The van der Waals surface area contributed by atoms with Gasteiger partial charge in [-0.2, -0.15) is 0 Å². The molecular formula is C16H18BNO2. The maximum atomic E-state index is 9.03. The molecule has 0 saturated carbocycles. The van der Waals surface area contributed by atoms with Gasteiger partial charge in [-0.05, 0) is 28.7 Å². The quantitative estimate of drug-likeness (QED) is 0.653. The van der Waals surface area contributed by atoms with Crippen molar-refractivity contribution in [1.82, 2.24) is 0 Å². The second-order valence-electron chi connectivity index (χ2n) is 4.86. The van der Waals surface area contributed by atoms with Crippen molar-refractivity contribution in [2.24, 2.45) is 0 Å². The summed E-state index contributed by atoms with van der Waals surface area (Å²) >= 11 is 0. The van der Waals surface area contributed by atoms with E-state index in [9.17, 15) is 0 Å². The fourth-order valence-corrected chi connectivity index (χ4v) is 1.86. The normalized spacial score (nSPS) is 10.8. The van der Waals surface area contributed by atoms with E-state index in [2.05, 4.69) is 29.2 Å². The molecule has 20 heavy (non-hydrogen) atoms. The number of nitrogens with zero attached hydrogens (tertiary/aromatic N) is 1. The minimum atomic E-state index is -1.41. The number of anilines is 1. The molecule has 0 spiro atoms. The summed E-state index contributed by atoms with van der Waals surface area (Å²) in [5, 5.41) is 18.1. The van der Waals surface area contributed by atoms with Crippen LogP contribution in [0.25, 0.3) is 12.2 Å². The van der Waals surface area contributed by atoms with E-state index >= 15 is 0 Å². The minimum Gasteiger partial charge on any atom is -0.423 e. The van der Waals surface area contributed by atoms with Crippen LogP contribution in [-0.4, -0.2) is 31.3 Å². The zero-order chi connectivity index (χ0) is 14.5. The molecule has 0 aromatic heterocycles. The smallest absolute Gasteiger partial charge is 0.423 e. The summed E-state index contributed by atoms with van der Waals surface area (Å²) in [6.45, 7) is 0. The van der Waals surface area contributed by atoms with Crippen molar-refractivity contribution >= 4 is 30.4 Å². The largest absolute Gasteiger partial charge is 0.488 e. The molecule has 0 unspecified atom stereocenters. The van der Waals surface area contributed by atoms with Crippen LogP contribution < -0.4 is 10.4 Å². The predicted molar refractivity (Wildman–Crippen MR) is 86.0 cm³/mol. The minimum absolute atomic E-state index is 0.498. The van der Waals surface area contributed by atoms with E-state index in [0.29, 0.717) is 5.46 Å². The summed E-state index contributed by atoms with van der Waals surface area (Å²) in [5.74, 6) is 0. The van der Waals surface area contributed by atoms with Crippen LogP contribution in [0.1, 0.15) is 11.1 Å². The van der Waals surface area contributed by atoms with E-state index < -0.39 is 7.12 Å². The van der Waals surface area contributed by atoms with Gasteiger partial charge in [-0.1, -0.05) is 48.6 Å². The van der Waals surface area contributed by atoms with E-state index in [1.54, 1.807) is 12.1 Å². The van der Waals surface area contributed by atoms with Gasteiger partial charge < -0.3 is 14.9 Å². The molecule has 2 aromatic carbocycles. The third kappa shape index (κ3) is 3.73. The highest BCUT2D eigenvalue weighted by molar-refractivity contribution is 6.58. The number of rotatable bonds is 4. The highest BCUT2D eigenvalue weighted by Crippen LogP contribution is 2.14. The van der Waals surface area contributed by atoms with Crippen molar-refractivity contribution in [3.05, 3.63) is 59.7 Å². The second kappa shape index (κ2) is 6.41. The first-order valence-corrected chi connectivity index (χ1v) is 6.48. The molecule has 0 aliphatic carbocycles. The fourth-order valence-electron chi connectivity index (χ4n) is 1.86. The highest BCUT2D eigenvalue weighted by Gasteiger charge is 2.08. The Kier molecular flexibility index (Phi) is 4.61. The molecule has 0 amide bonds. The fraction of sp³-hybridized carbons (Fsp3) is 0.125. The maximum absolute atomic E-state index is 9.03. The molecule has 2 rings (SSSR count). The van der Waals surface area contributed by atoms with E-state index in [-0.39, 0.29) is 0 Å². The lowest BCUT2D eigenvalue weighted by Crippen LogP contribution is -2.29. The Bertz CT molecular complexity index is 521. The van der Waals surface area contributed by atoms with Crippen LogP contribution in [0.2, 0.25) is 0 Å². The van der Waals surface area contributed by atoms with Crippen molar-refractivity contribution in [3.8, 4) is 0 Å². The molecule has 2 N–H and O–H groups in total. The third-order valence-electron chi connectivity index (χ3n) is 3.11. The molecule has 0 atom stereocenters. The van der Waals surface area contributed by atoms with E-state index in [0.717, 1.165) is 11.1 Å². The van der Waals surface area contributed by atoms with Crippen LogP contribution in [0.3, 0.4) is 0 Å². The topological polar surface area (TPSA) is 43.7 Å². The number of hydrogen-bond donors (Lipinski definition) is 2.